The van der Waals surface area contributed by atoms with Gasteiger partial charge in [-0.15, -0.1) is 0 Å². The molecule has 2 aliphatic heterocycles. The Morgan fingerprint density at radius 2 is 1.91 bits per heavy atom. The first-order valence-electron chi connectivity index (χ1n) is 13.1. The highest BCUT2D eigenvalue weighted by Crippen LogP contribution is 2.44. The number of halogens is 1. The third kappa shape index (κ3) is 5.47. The molecule has 8 heteroatoms. The molecule has 0 N–H and O–H groups in total. The van der Waals surface area contributed by atoms with Crippen molar-refractivity contribution in [3.8, 4) is 5.75 Å². The fraction of sp³-hybridized carbons (Fsp3) is 0.704. The van der Waals surface area contributed by atoms with Gasteiger partial charge >= 0.3 is 0 Å². The summed E-state index contributed by atoms with van der Waals surface area (Å²) in [6.45, 7) is 6.25. The predicted molar refractivity (Wildman–Crippen MR) is 137 cm³/mol. The van der Waals surface area contributed by atoms with E-state index in [1.54, 1.807) is 24.1 Å². The Balaban J connectivity index is 1.69. The van der Waals surface area contributed by atoms with E-state index in [0.717, 1.165) is 38.5 Å². The molecular weight excluding hydrogens is 468 g/mol. The van der Waals surface area contributed by atoms with Crippen LogP contribution in [0.25, 0.3) is 0 Å². The molecule has 0 unspecified atom stereocenters. The maximum atomic E-state index is 13.8. The van der Waals surface area contributed by atoms with Crippen molar-refractivity contribution in [2.45, 2.75) is 89.3 Å². The summed E-state index contributed by atoms with van der Waals surface area (Å²) in [7, 11) is 1.68. The number of benzene rings is 1. The minimum atomic E-state index is -0.937. The average molecular weight is 507 g/mol. The van der Waals surface area contributed by atoms with Crippen LogP contribution >= 0.6 is 11.6 Å². The molecule has 35 heavy (non-hydrogen) atoms. The van der Waals surface area contributed by atoms with Crippen LogP contribution < -0.4 is 9.64 Å². The number of anilines is 1. The van der Waals surface area contributed by atoms with Gasteiger partial charge in [0, 0.05) is 51.3 Å². The van der Waals surface area contributed by atoms with E-state index in [0.29, 0.717) is 61.2 Å². The van der Waals surface area contributed by atoms with Gasteiger partial charge in [-0.05, 0) is 45.6 Å². The van der Waals surface area contributed by atoms with Crippen LogP contribution in [0.15, 0.2) is 12.1 Å². The van der Waals surface area contributed by atoms with Crippen LogP contribution in [-0.2, 0) is 14.3 Å². The van der Waals surface area contributed by atoms with Gasteiger partial charge in [0.15, 0.2) is 5.60 Å². The molecule has 3 aliphatic rings. The number of hydrogen-bond donors (Lipinski definition) is 0. The Kier molecular flexibility index (Phi) is 8.61. The number of nitrogens with zero attached hydrogens (tertiary/aromatic N) is 2. The molecule has 0 aromatic heterocycles. The van der Waals surface area contributed by atoms with Crippen LogP contribution in [0.3, 0.4) is 0 Å². The molecule has 1 aromatic rings. The van der Waals surface area contributed by atoms with Crippen molar-refractivity contribution >= 4 is 29.1 Å². The van der Waals surface area contributed by atoms with E-state index in [9.17, 15) is 9.59 Å². The third-order valence-corrected chi connectivity index (χ3v) is 7.86. The molecular formula is C27H39ClN2O5. The molecule has 1 saturated carbocycles. The summed E-state index contributed by atoms with van der Waals surface area (Å²) < 4.78 is 17.1. The molecule has 0 radical (unpaired) electrons. The molecule has 1 aromatic carbocycles. The number of fused-ring (bicyclic) bond motifs is 1. The zero-order chi connectivity index (χ0) is 25.0. The highest BCUT2D eigenvalue weighted by molar-refractivity contribution is 6.34. The Labute approximate surface area is 214 Å². The molecule has 2 heterocycles. The minimum absolute atomic E-state index is 0.0561. The van der Waals surface area contributed by atoms with E-state index in [4.69, 9.17) is 25.8 Å². The summed E-state index contributed by atoms with van der Waals surface area (Å²) >= 11 is 6.73. The molecule has 0 atom stereocenters. The molecule has 194 valence electrons. The largest absolute Gasteiger partial charge is 0.475 e. The zero-order valence-electron chi connectivity index (χ0n) is 21.3. The van der Waals surface area contributed by atoms with Crippen LogP contribution in [0.1, 0.15) is 82.0 Å². The van der Waals surface area contributed by atoms with Crippen LogP contribution in [0.4, 0.5) is 5.69 Å². The van der Waals surface area contributed by atoms with Gasteiger partial charge in [-0.1, -0.05) is 30.9 Å². The summed E-state index contributed by atoms with van der Waals surface area (Å²) in [5.74, 6) is 0.436. The summed E-state index contributed by atoms with van der Waals surface area (Å²) in [6.07, 6.45) is 8.18. The van der Waals surface area contributed by atoms with E-state index in [2.05, 4.69) is 13.8 Å². The molecule has 1 spiro atoms. The van der Waals surface area contributed by atoms with Crippen molar-refractivity contribution in [1.29, 1.82) is 0 Å². The van der Waals surface area contributed by atoms with Crippen molar-refractivity contribution in [3.63, 3.8) is 0 Å². The second-order valence-electron chi connectivity index (χ2n) is 10.3. The molecule has 0 bridgehead atoms. The lowest BCUT2D eigenvalue weighted by Crippen LogP contribution is -2.58. The van der Waals surface area contributed by atoms with Gasteiger partial charge in [-0.3, -0.25) is 9.59 Å². The van der Waals surface area contributed by atoms with Gasteiger partial charge in [0.1, 0.15) is 5.75 Å². The highest BCUT2D eigenvalue weighted by atomic mass is 35.5. The van der Waals surface area contributed by atoms with Crippen LogP contribution in [0.2, 0.25) is 5.02 Å². The monoisotopic (exact) mass is 506 g/mol. The quantitative estimate of drug-likeness (QED) is 0.452. The number of carbonyl (C=O) groups excluding carboxylic acids is 2. The van der Waals surface area contributed by atoms with Crippen molar-refractivity contribution < 1.29 is 23.8 Å². The Bertz CT molecular complexity index is 909. The van der Waals surface area contributed by atoms with Crippen molar-refractivity contribution in [3.05, 3.63) is 22.7 Å². The highest BCUT2D eigenvalue weighted by Gasteiger charge is 2.49. The first-order chi connectivity index (χ1) is 16.9. The molecule has 4 rings (SSSR count). The van der Waals surface area contributed by atoms with Crippen molar-refractivity contribution in [2.75, 3.05) is 38.4 Å². The lowest BCUT2D eigenvalue weighted by molar-refractivity contribution is -0.144. The molecule has 7 nitrogen and oxygen atoms in total. The molecule has 2 fully saturated rings. The fourth-order valence-corrected chi connectivity index (χ4v) is 5.92. The molecule has 1 aliphatic carbocycles. The van der Waals surface area contributed by atoms with Crippen LogP contribution in [0, 0.1) is 0 Å². The first-order valence-corrected chi connectivity index (χ1v) is 13.5. The number of rotatable bonds is 8. The van der Waals surface area contributed by atoms with Crippen molar-refractivity contribution in [2.24, 2.45) is 0 Å². The first kappa shape index (κ1) is 26.2. The Hall–Kier alpha value is -1.83. The van der Waals surface area contributed by atoms with E-state index in [1.807, 2.05) is 4.90 Å². The standard InChI is InChI=1S/C27H39ClN2O5/c1-19(2)30(20-9-5-4-6-10-20)25(31)21-17-23-24(18-22(21)28)35-27(11-15-34-16-12-27)26(32)29(23)13-7-8-14-33-3/h17-20H,4-16H2,1-3H3. The summed E-state index contributed by atoms with van der Waals surface area (Å²) in [6, 6.07) is 3.79. The summed E-state index contributed by atoms with van der Waals surface area (Å²) in [5, 5.41) is 0.367. The fourth-order valence-electron chi connectivity index (χ4n) is 5.69. The lowest BCUT2D eigenvalue weighted by atomic mass is 9.89. The third-order valence-electron chi connectivity index (χ3n) is 7.55. The van der Waals surface area contributed by atoms with Crippen molar-refractivity contribution in [1.82, 2.24) is 4.90 Å². The van der Waals surface area contributed by atoms with E-state index < -0.39 is 5.60 Å². The second-order valence-corrected chi connectivity index (χ2v) is 10.7. The topological polar surface area (TPSA) is 68.3 Å². The molecule has 1 saturated heterocycles. The minimum Gasteiger partial charge on any atom is -0.475 e. The SMILES string of the molecule is COCCCCN1C(=O)C2(CCOCC2)Oc2cc(Cl)c(C(=O)N(C(C)C)C3CCCCC3)cc21. The lowest BCUT2D eigenvalue weighted by Gasteiger charge is -2.44. The Morgan fingerprint density at radius 3 is 2.57 bits per heavy atom. The van der Waals surface area contributed by atoms with E-state index >= 15 is 0 Å². The number of ether oxygens (including phenoxy) is 3. The maximum Gasteiger partial charge on any atom is 0.271 e. The maximum absolute atomic E-state index is 13.8. The number of hydrogen-bond acceptors (Lipinski definition) is 5. The van der Waals surface area contributed by atoms with Gasteiger partial charge in [0.05, 0.1) is 29.5 Å². The molecule has 2 amide bonds. The number of carbonyl (C=O) groups is 2. The Morgan fingerprint density at radius 1 is 1.20 bits per heavy atom. The van der Waals surface area contributed by atoms with Gasteiger partial charge in [-0.2, -0.15) is 0 Å². The summed E-state index contributed by atoms with van der Waals surface area (Å²) in [5.41, 5.74) is 0.128. The summed E-state index contributed by atoms with van der Waals surface area (Å²) in [4.78, 5) is 31.4. The smallest absolute Gasteiger partial charge is 0.271 e. The van der Waals surface area contributed by atoms with Crippen LogP contribution in [0.5, 0.6) is 5.75 Å². The number of unbranched alkanes of at least 4 members (excludes halogenated alkanes) is 1. The number of methoxy groups -OCH3 is 1. The second kappa shape index (κ2) is 11.5. The van der Waals surface area contributed by atoms with Gasteiger partial charge in [-0.25, -0.2) is 0 Å². The van der Waals surface area contributed by atoms with Gasteiger partial charge < -0.3 is 24.0 Å². The van der Waals surface area contributed by atoms with E-state index in [-0.39, 0.29) is 23.9 Å². The van der Waals surface area contributed by atoms with Gasteiger partial charge in [0.25, 0.3) is 11.8 Å². The zero-order valence-corrected chi connectivity index (χ0v) is 22.1. The number of amides is 2. The normalized spacial score (nSPS) is 20.1. The van der Waals surface area contributed by atoms with Gasteiger partial charge in [0.2, 0.25) is 0 Å². The average Bonchev–Trinajstić information content (AvgIpc) is 2.85. The van der Waals surface area contributed by atoms with Crippen LogP contribution in [-0.4, -0.2) is 67.9 Å². The predicted octanol–water partition coefficient (Wildman–Crippen LogP) is 5.22. The van der Waals surface area contributed by atoms with E-state index in [1.165, 1.54) is 6.42 Å².